The standard InChI is InChI=1S/C11H26N2/c1-9(7-6-8-12)10(2,3)11(4,5)13/h9H,6-8,12-13H2,1-5H3. The molecule has 0 aromatic carbocycles. The van der Waals surface area contributed by atoms with Gasteiger partial charge in [-0.1, -0.05) is 20.8 Å². The van der Waals surface area contributed by atoms with E-state index < -0.39 is 0 Å². The van der Waals surface area contributed by atoms with Gasteiger partial charge in [0.2, 0.25) is 0 Å². The van der Waals surface area contributed by atoms with Gasteiger partial charge < -0.3 is 11.5 Å². The second-order valence-electron chi connectivity index (χ2n) is 5.28. The van der Waals surface area contributed by atoms with Crippen LogP contribution in [0.4, 0.5) is 0 Å². The first kappa shape index (κ1) is 12.9. The molecule has 0 amide bonds. The fourth-order valence-electron chi connectivity index (χ4n) is 1.42. The quantitative estimate of drug-likeness (QED) is 0.691. The molecule has 80 valence electrons. The lowest BCUT2D eigenvalue weighted by Gasteiger charge is -2.43. The van der Waals surface area contributed by atoms with E-state index in [9.17, 15) is 0 Å². The Morgan fingerprint density at radius 2 is 1.62 bits per heavy atom. The maximum Gasteiger partial charge on any atom is 0.0151 e. The van der Waals surface area contributed by atoms with E-state index in [1.165, 1.54) is 6.42 Å². The molecule has 0 aliphatic carbocycles. The van der Waals surface area contributed by atoms with Crippen molar-refractivity contribution >= 4 is 0 Å². The summed E-state index contributed by atoms with van der Waals surface area (Å²) in [7, 11) is 0. The Morgan fingerprint density at radius 1 is 1.15 bits per heavy atom. The average molecular weight is 186 g/mol. The van der Waals surface area contributed by atoms with Crippen LogP contribution in [-0.4, -0.2) is 12.1 Å². The van der Waals surface area contributed by atoms with Gasteiger partial charge in [0.05, 0.1) is 0 Å². The van der Waals surface area contributed by atoms with Crippen LogP contribution < -0.4 is 11.5 Å². The molecular weight excluding hydrogens is 160 g/mol. The van der Waals surface area contributed by atoms with Crippen molar-refractivity contribution in [2.45, 2.75) is 53.0 Å². The highest BCUT2D eigenvalue weighted by molar-refractivity contribution is 4.93. The third-order valence-corrected chi connectivity index (χ3v) is 3.73. The van der Waals surface area contributed by atoms with Crippen LogP contribution >= 0.6 is 0 Å². The van der Waals surface area contributed by atoms with E-state index >= 15 is 0 Å². The molecule has 0 saturated heterocycles. The zero-order valence-corrected chi connectivity index (χ0v) is 9.85. The Bertz CT molecular complexity index is 145. The van der Waals surface area contributed by atoms with Crippen molar-refractivity contribution < 1.29 is 0 Å². The molecule has 2 heteroatoms. The lowest BCUT2D eigenvalue weighted by molar-refractivity contribution is 0.112. The van der Waals surface area contributed by atoms with E-state index in [4.69, 9.17) is 11.5 Å². The van der Waals surface area contributed by atoms with Crippen LogP contribution in [0, 0.1) is 11.3 Å². The van der Waals surface area contributed by atoms with Crippen LogP contribution in [0.25, 0.3) is 0 Å². The van der Waals surface area contributed by atoms with Crippen molar-refractivity contribution in [2.75, 3.05) is 6.54 Å². The monoisotopic (exact) mass is 186 g/mol. The molecule has 0 spiro atoms. The summed E-state index contributed by atoms with van der Waals surface area (Å²) in [5.41, 5.74) is 11.7. The first-order valence-electron chi connectivity index (χ1n) is 5.22. The second kappa shape index (κ2) is 4.43. The average Bonchev–Trinajstić information content (AvgIpc) is 1.97. The third kappa shape index (κ3) is 3.28. The van der Waals surface area contributed by atoms with Gasteiger partial charge in [0, 0.05) is 5.54 Å². The van der Waals surface area contributed by atoms with E-state index in [-0.39, 0.29) is 11.0 Å². The smallest absolute Gasteiger partial charge is 0.0151 e. The Kier molecular flexibility index (Phi) is 4.40. The van der Waals surface area contributed by atoms with Crippen molar-refractivity contribution in [1.82, 2.24) is 0 Å². The molecule has 4 N–H and O–H groups in total. The molecule has 0 aliphatic rings. The Balaban J connectivity index is 4.27. The summed E-state index contributed by atoms with van der Waals surface area (Å²) in [6.07, 6.45) is 2.27. The predicted molar refractivity (Wildman–Crippen MR) is 59.5 cm³/mol. The second-order valence-corrected chi connectivity index (χ2v) is 5.28. The maximum atomic E-state index is 6.15. The normalized spacial score (nSPS) is 15.9. The number of nitrogens with two attached hydrogens (primary N) is 2. The summed E-state index contributed by atoms with van der Waals surface area (Å²) in [6.45, 7) is 11.7. The fraction of sp³-hybridized carbons (Fsp3) is 1.00. The molecule has 1 atom stereocenters. The summed E-state index contributed by atoms with van der Waals surface area (Å²) in [5, 5.41) is 0. The molecule has 13 heavy (non-hydrogen) atoms. The molecule has 0 aliphatic heterocycles. The largest absolute Gasteiger partial charge is 0.330 e. The topological polar surface area (TPSA) is 52.0 Å². The summed E-state index contributed by atoms with van der Waals surface area (Å²) in [4.78, 5) is 0. The van der Waals surface area contributed by atoms with Crippen LogP contribution in [0.15, 0.2) is 0 Å². The van der Waals surface area contributed by atoms with Crippen molar-refractivity contribution in [2.24, 2.45) is 22.8 Å². The van der Waals surface area contributed by atoms with Gasteiger partial charge in [-0.2, -0.15) is 0 Å². The highest BCUT2D eigenvalue weighted by Gasteiger charge is 2.37. The molecule has 0 heterocycles. The SMILES string of the molecule is CC(CCCN)C(C)(C)C(C)(C)N. The minimum atomic E-state index is -0.124. The summed E-state index contributed by atoms with van der Waals surface area (Å²) in [5.74, 6) is 0.621. The highest BCUT2D eigenvalue weighted by Crippen LogP contribution is 2.38. The van der Waals surface area contributed by atoms with E-state index in [1.54, 1.807) is 0 Å². The van der Waals surface area contributed by atoms with Crippen LogP contribution in [0.2, 0.25) is 0 Å². The van der Waals surface area contributed by atoms with Gasteiger partial charge >= 0.3 is 0 Å². The highest BCUT2D eigenvalue weighted by atomic mass is 14.8. The lowest BCUT2D eigenvalue weighted by Crippen LogP contribution is -2.50. The van der Waals surface area contributed by atoms with Crippen LogP contribution in [0.1, 0.15) is 47.5 Å². The first-order valence-corrected chi connectivity index (χ1v) is 5.22. The van der Waals surface area contributed by atoms with Crippen molar-refractivity contribution in [3.63, 3.8) is 0 Å². The van der Waals surface area contributed by atoms with Crippen LogP contribution in [0.5, 0.6) is 0 Å². The number of hydrogen-bond donors (Lipinski definition) is 2. The van der Waals surface area contributed by atoms with Gasteiger partial charge in [-0.15, -0.1) is 0 Å². The van der Waals surface area contributed by atoms with Crippen molar-refractivity contribution in [1.29, 1.82) is 0 Å². The molecule has 0 bridgehead atoms. The Hall–Kier alpha value is -0.0800. The van der Waals surface area contributed by atoms with Gasteiger partial charge in [-0.3, -0.25) is 0 Å². The summed E-state index contributed by atoms with van der Waals surface area (Å²) in [6, 6.07) is 0. The van der Waals surface area contributed by atoms with Crippen molar-refractivity contribution in [3.05, 3.63) is 0 Å². The third-order valence-electron chi connectivity index (χ3n) is 3.73. The van der Waals surface area contributed by atoms with Gasteiger partial charge in [0.1, 0.15) is 0 Å². The lowest BCUT2D eigenvalue weighted by atomic mass is 9.66. The molecule has 0 aromatic rings. The predicted octanol–water partition coefficient (Wildman–Crippen LogP) is 2.12. The van der Waals surface area contributed by atoms with Gasteiger partial charge in [0.15, 0.2) is 0 Å². The summed E-state index contributed by atoms with van der Waals surface area (Å²) >= 11 is 0. The molecule has 0 radical (unpaired) electrons. The maximum absolute atomic E-state index is 6.15. The zero-order chi connectivity index (χ0) is 10.7. The molecule has 2 nitrogen and oxygen atoms in total. The Labute approximate surface area is 83.1 Å². The molecule has 0 fully saturated rings. The molecule has 1 unspecified atom stereocenters. The minimum Gasteiger partial charge on any atom is -0.330 e. The molecule has 0 rings (SSSR count). The number of hydrogen-bond acceptors (Lipinski definition) is 2. The van der Waals surface area contributed by atoms with E-state index in [0.29, 0.717) is 5.92 Å². The van der Waals surface area contributed by atoms with Crippen LogP contribution in [-0.2, 0) is 0 Å². The van der Waals surface area contributed by atoms with Crippen molar-refractivity contribution in [3.8, 4) is 0 Å². The Morgan fingerprint density at radius 3 is 1.92 bits per heavy atom. The minimum absolute atomic E-state index is 0.124. The summed E-state index contributed by atoms with van der Waals surface area (Å²) < 4.78 is 0. The van der Waals surface area contributed by atoms with Gasteiger partial charge in [-0.25, -0.2) is 0 Å². The zero-order valence-electron chi connectivity index (χ0n) is 9.85. The van der Waals surface area contributed by atoms with E-state index in [0.717, 1.165) is 13.0 Å². The molecule has 0 aromatic heterocycles. The van der Waals surface area contributed by atoms with E-state index in [2.05, 4.69) is 34.6 Å². The molecule has 0 saturated carbocycles. The first-order chi connectivity index (χ1) is 5.73. The number of rotatable bonds is 5. The van der Waals surface area contributed by atoms with Crippen LogP contribution in [0.3, 0.4) is 0 Å². The van der Waals surface area contributed by atoms with E-state index in [1.807, 2.05) is 0 Å². The van der Waals surface area contributed by atoms with Gasteiger partial charge in [0.25, 0.3) is 0 Å². The fourth-order valence-corrected chi connectivity index (χ4v) is 1.42. The molecular formula is C11H26N2. The van der Waals surface area contributed by atoms with Gasteiger partial charge in [-0.05, 0) is 44.6 Å².